The standard InChI is InChI=1S/C13H14BrN5O2/c1-8-5-11(9(2)20-8)13-17-16-12(21-13)7-19-6-10(3-4-14)15-18-19/h5-6H,3-4,7H2,1-2H3. The molecule has 3 heterocycles. The Hall–Kier alpha value is -1.96. The summed E-state index contributed by atoms with van der Waals surface area (Å²) in [7, 11) is 0. The van der Waals surface area contributed by atoms with Gasteiger partial charge in [0, 0.05) is 17.9 Å². The molecule has 0 aromatic carbocycles. The number of furan rings is 1. The predicted molar refractivity (Wildman–Crippen MR) is 78.1 cm³/mol. The molecule has 0 amide bonds. The zero-order valence-corrected chi connectivity index (χ0v) is 13.3. The number of aryl methyl sites for hydroxylation is 3. The van der Waals surface area contributed by atoms with Gasteiger partial charge in [-0.2, -0.15) is 0 Å². The third kappa shape index (κ3) is 3.05. The van der Waals surface area contributed by atoms with E-state index in [4.69, 9.17) is 8.83 Å². The summed E-state index contributed by atoms with van der Waals surface area (Å²) < 4.78 is 12.8. The largest absolute Gasteiger partial charge is 0.466 e. The van der Waals surface area contributed by atoms with Gasteiger partial charge >= 0.3 is 0 Å². The second-order valence-corrected chi connectivity index (χ2v) is 5.47. The van der Waals surface area contributed by atoms with E-state index in [1.54, 1.807) is 4.68 Å². The van der Waals surface area contributed by atoms with Gasteiger partial charge in [0.25, 0.3) is 5.89 Å². The van der Waals surface area contributed by atoms with Gasteiger partial charge in [0.2, 0.25) is 5.89 Å². The van der Waals surface area contributed by atoms with Crippen LogP contribution in [0, 0.1) is 13.8 Å². The number of alkyl halides is 1. The van der Waals surface area contributed by atoms with E-state index in [0.29, 0.717) is 18.3 Å². The number of hydrogen-bond donors (Lipinski definition) is 0. The summed E-state index contributed by atoms with van der Waals surface area (Å²) in [5.74, 6) is 2.53. The SMILES string of the molecule is Cc1cc(-c2nnc(Cn3cc(CCBr)nn3)o2)c(C)o1. The molecule has 0 saturated heterocycles. The van der Waals surface area contributed by atoms with Crippen LogP contribution in [0.4, 0.5) is 0 Å². The number of halogens is 1. The van der Waals surface area contributed by atoms with Crippen molar-refractivity contribution in [3.8, 4) is 11.5 Å². The van der Waals surface area contributed by atoms with Crippen LogP contribution in [-0.4, -0.2) is 30.5 Å². The molecule has 0 radical (unpaired) electrons. The fourth-order valence-corrected chi connectivity index (χ4v) is 2.44. The van der Waals surface area contributed by atoms with Crippen LogP contribution < -0.4 is 0 Å². The van der Waals surface area contributed by atoms with Crippen LogP contribution in [0.5, 0.6) is 0 Å². The van der Waals surface area contributed by atoms with Gasteiger partial charge in [-0.15, -0.1) is 15.3 Å². The molecule has 0 aliphatic carbocycles. The highest BCUT2D eigenvalue weighted by Crippen LogP contribution is 2.25. The van der Waals surface area contributed by atoms with Gasteiger partial charge in [-0.3, -0.25) is 0 Å². The van der Waals surface area contributed by atoms with Crippen LogP contribution in [0.15, 0.2) is 21.1 Å². The Morgan fingerprint density at radius 1 is 1.19 bits per heavy atom. The molecule has 0 saturated carbocycles. The van der Waals surface area contributed by atoms with E-state index in [0.717, 1.165) is 34.5 Å². The second kappa shape index (κ2) is 5.80. The Morgan fingerprint density at radius 3 is 2.76 bits per heavy atom. The first-order valence-electron chi connectivity index (χ1n) is 6.50. The molecule has 21 heavy (non-hydrogen) atoms. The maximum absolute atomic E-state index is 5.66. The van der Waals surface area contributed by atoms with Gasteiger partial charge in [0.1, 0.15) is 18.1 Å². The zero-order valence-electron chi connectivity index (χ0n) is 11.7. The first-order chi connectivity index (χ1) is 10.2. The molecule has 110 valence electrons. The molecule has 8 heteroatoms. The van der Waals surface area contributed by atoms with Gasteiger partial charge in [0.05, 0.1) is 11.3 Å². The topological polar surface area (TPSA) is 82.8 Å². The summed E-state index contributed by atoms with van der Waals surface area (Å²) in [5, 5.41) is 17.0. The average molecular weight is 352 g/mol. The van der Waals surface area contributed by atoms with Crippen molar-refractivity contribution in [1.82, 2.24) is 25.2 Å². The number of hydrogen-bond acceptors (Lipinski definition) is 6. The van der Waals surface area contributed by atoms with E-state index >= 15 is 0 Å². The van der Waals surface area contributed by atoms with Crippen molar-refractivity contribution in [1.29, 1.82) is 0 Å². The Kier molecular flexibility index (Phi) is 3.87. The minimum absolute atomic E-state index is 0.401. The van der Waals surface area contributed by atoms with Crippen LogP contribution in [0.3, 0.4) is 0 Å². The number of nitrogens with zero attached hydrogens (tertiary/aromatic N) is 5. The molecule has 0 unspecified atom stereocenters. The van der Waals surface area contributed by atoms with Crippen molar-refractivity contribution in [3.05, 3.63) is 35.4 Å². The molecular formula is C13H14BrN5O2. The minimum atomic E-state index is 0.401. The molecule has 0 bridgehead atoms. The Labute approximate surface area is 129 Å². The lowest BCUT2D eigenvalue weighted by atomic mass is 10.2. The monoisotopic (exact) mass is 351 g/mol. The molecule has 0 atom stereocenters. The van der Waals surface area contributed by atoms with Crippen LogP contribution in [0.25, 0.3) is 11.5 Å². The van der Waals surface area contributed by atoms with Crippen molar-refractivity contribution in [2.45, 2.75) is 26.8 Å². The smallest absolute Gasteiger partial charge is 0.251 e. The first-order valence-corrected chi connectivity index (χ1v) is 7.62. The zero-order chi connectivity index (χ0) is 14.8. The maximum atomic E-state index is 5.66. The predicted octanol–water partition coefficient (Wildman–Crippen LogP) is 2.52. The highest BCUT2D eigenvalue weighted by molar-refractivity contribution is 9.09. The van der Waals surface area contributed by atoms with Crippen molar-refractivity contribution >= 4 is 15.9 Å². The van der Waals surface area contributed by atoms with Crippen molar-refractivity contribution in [3.63, 3.8) is 0 Å². The molecule has 3 aromatic heterocycles. The van der Waals surface area contributed by atoms with Crippen molar-refractivity contribution < 1.29 is 8.83 Å². The molecule has 3 rings (SSSR count). The number of aromatic nitrogens is 5. The summed E-state index contributed by atoms with van der Waals surface area (Å²) in [6, 6.07) is 1.89. The summed E-state index contributed by atoms with van der Waals surface area (Å²) >= 11 is 3.37. The maximum Gasteiger partial charge on any atom is 0.251 e. The lowest BCUT2D eigenvalue weighted by Gasteiger charge is -1.93. The molecule has 0 aliphatic rings. The molecule has 0 fully saturated rings. The normalized spacial score (nSPS) is 11.2. The molecular weight excluding hydrogens is 338 g/mol. The number of rotatable bonds is 5. The molecule has 7 nitrogen and oxygen atoms in total. The summed E-state index contributed by atoms with van der Waals surface area (Å²) in [6.45, 7) is 4.16. The summed E-state index contributed by atoms with van der Waals surface area (Å²) in [5.41, 5.74) is 1.75. The first kappa shape index (κ1) is 14.0. The van der Waals surface area contributed by atoms with Gasteiger partial charge in [-0.1, -0.05) is 21.1 Å². The minimum Gasteiger partial charge on any atom is -0.466 e. The van der Waals surface area contributed by atoms with E-state index in [1.165, 1.54) is 0 Å². The fourth-order valence-electron chi connectivity index (χ4n) is 2.04. The quantitative estimate of drug-likeness (QED) is 0.656. The average Bonchev–Trinajstić information content (AvgIpc) is 3.12. The third-order valence-corrected chi connectivity index (χ3v) is 3.37. The fraction of sp³-hybridized carbons (Fsp3) is 0.385. The summed E-state index contributed by atoms with van der Waals surface area (Å²) in [4.78, 5) is 0. The van der Waals surface area contributed by atoms with E-state index in [2.05, 4.69) is 36.4 Å². The van der Waals surface area contributed by atoms with Crippen LogP contribution in [-0.2, 0) is 13.0 Å². The van der Waals surface area contributed by atoms with Crippen LogP contribution >= 0.6 is 15.9 Å². The highest BCUT2D eigenvalue weighted by atomic mass is 79.9. The lowest BCUT2D eigenvalue weighted by molar-refractivity contribution is 0.466. The molecule has 0 spiro atoms. The van der Waals surface area contributed by atoms with Crippen molar-refractivity contribution in [2.24, 2.45) is 0 Å². The summed E-state index contributed by atoms with van der Waals surface area (Å²) in [6.07, 6.45) is 2.71. The van der Waals surface area contributed by atoms with Gasteiger partial charge < -0.3 is 8.83 Å². The van der Waals surface area contributed by atoms with Gasteiger partial charge in [-0.25, -0.2) is 4.68 Å². The van der Waals surface area contributed by atoms with Gasteiger partial charge in [0.15, 0.2) is 0 Å². The Balaban J connectivity index is 1.77. The third-order valence-electron chi connectivity index (χ3n) is 2.97. The highest BCUT2D eigenvalue weighted by Gasteiger charge is 2.15. The van der Waals surface area contributed by atoms with Gasteiger partial charge in [-0.05, 0) is 19.9 Å². The Bertz CT molecular complexity index is 745. The molecule has 0 aliphatic heterocycles. The second-order valence-electron chi connectivity index (χ2n) is 4.67. The van der Waals surface area contributed by atoms with Crippen LogP contribution in [0.1, 0.15) is 23.1 Å². The molecule has 3 aromatic rings. The lowest BCUT2D eigenvalue weighted by Crippen LogP contribution is -2.00. The van der Waals surface area contributed by atoms with E-state index in [9.17, 15) is 0 Å². The van der Waals surface area contributed by atoms with E-state index < -0.39 is 0 Å². The van der Waals surface area contributed by atoms with E-state index in [-0.39, 0.29) is 0 Å². The van der Waals surface area contributed by atoms with Crippen LogP contribution in [0.2, 0.25) is 0 Å². The van der Waals surface area contributed by atoms with E-state index in [1.807, 2.05) is 26.1 Å². The Morgan fingerprint density at radius 2 is 2.05 bits per heavy atom. The van der Waals surface area contributed by atoms with Crippen molar-refractivity contribution in [2.75, 3.05) is 5.33 Å². The molecule has 0 N–H and O–H groups in total.